The van der Waals surface area contributed by atoms with Gasteiger partial charge < -0.3 is 0 Å². The zero-order valence-corrected chi connectivity index (χ0v) is 6.80. The SMILES string of the molecule is C=C[C@@]1(C)Cc2ccccc21. The topological polar surface area (TPSA) is 0 Å². The standard InChI is InChI=1S/C11H12/c1-3-11(2)8-9-6-4-5-7-10(9)11/h3-7H,1,8H2,2H3/t11-/m0/s1. The Balaban J connectivity index is 2.50. The molecule has 0 N–H and O–H groups in total. The molecule has 0 heteroatoms. The maximum atomic E-state index is 3.85. The van der Waals surface area contributed by atoms with E-state index >= 15 is 0 Å². The number of hydrogen-bond acceptors (Lipinski definition) is 0. The number of benzene rings is 1. The second-order valence-electron chi connectivity index (χ2n) is 3.46. The Kier molecular flexibility index (Phi) is 1.19. The van der Waals surface area contributed by atoms with Gasteiger partial charge in [0.15, 0.2) is 0 Å². The van der Waals surface area contributed by atoms with Gasteiger partial charge in [-0.25, -0.2) is 0 Å². The van der Waals surface area contributed by atoms with E-state index in [2.05, 4.69) is 43.8 Å². The maximum absolute atomic E-state index is 3.85. The normalized spacial score (nSPS) is 27.0. The van der Waals surface area contributed by atoms with Crippen LogP contribution in [0, 0.1) is 0 Å². The van der Waals surface area contributed by atoms with E-state index in [0.717, 1.165) is 6.42 Å². The fourth-order valence-corrected chi connectivity index (χ4v) is 1.80. The van der Waals surface area contributed by atoms with Crippen molar-refractivity contribution in [2.75, 3.05) is 0 Å². The second-order valence-corrected chi connectivity index (χ2v) is 3.46. The Morgan fingerprint density at radius 1 is 1.45 bits per heavy atom. The van der Waals surface area contributed by atoms with Crippen LogP contribution in [-0.4, -0.2) is 0 Å². The van der Waals surface area contributed by atoms with Crippen molar-refractivity contribution in [3.8, 4) is 0 Å². The molecule has 0 saturated carbocycles. The van der Waals surface area contributed by atoms with Gasteiger partial charge in [0.1, 0.15) is 0 Å². The van der Waals surface area contributed by atoms with E-state index in [4.69, 9.17) is 0 Å². The predicted octanol–water partition coefficient (Wildman–Crippen LogP) is 2.69. The van der Waals surface area contributed by atoms with Crippen LogP contribution in [0.4, 0.5) is 0 Å². The minimum absolute atomic E-state index is 0.261. The molecule has 0 bridgehead atoms. The molecule has 11 heavy (non-hydrogen) atoms. The van der Waals surface area contributed by atoms with Crippen molar-refractivity contribution < 1.29 is 0 Å². The predicted molar refractivity (Wildman–Crippen MR) is 47.7 cm³/mol. The summed E-state index contributed by atoms with van der Waals surface area (Å²) >= 11 is 0. The van der Waals surface area contributed by atoms with Crippen molar-refractivity contribution in [2.45, 2.75) is 18.8 Å². The minimum atomic E-state index is 0.261. The summed E-state index contributed by atoms with van der Waals surface area (Å²) in [4.78, 5) is 0. The smallest absolute Gasteiger partial charge is 0.0144 e. The summed E-state index contributed by atoms with van der Waals surface area (Å²) in [5.74, 6) is 0. The molecule has 0 aromatic heterocycles. The molecule has 1 aliphatic rings. The van der Waals surface area contributed by atoms with E-state index in [1.54, 1.807) is 0 Å². The highest BCUT2D eigenvalue weighted by Crippen LogP contribution is 2.41. The third-order valence-corrected chi connectivity index (χ3v) is 2.64. The highest BCUT2D eigenvalue weighted by molar-refractivity contribution is 5.47. The molecule has 0 heterocycles. The van der Waals surface area contributed by atoms with E-state index in [9.17, 15) is 0 Å². The highest BCUT2D eigenvalue weighted by atomic mass is 14.4. The third kappa shape index (κ3) is 0.756. The van der Waals surface area contributed by atoms with E-state index in [1.807, 2.05) is 0 Å². The van der Waals surface area contributed by atoms with Gasteiger partial charge in [0.2, 0.25) is 0 Å². The zero-order chi connectivity index (χ0) is 7.90. The summed E-state index contributed by atoms with van der Waals surface area (Å²) in [7, 11) is 0. The number of allylic oxidation sites excluding steroid dienone is 1. The summed E-state index contributed by atoms with van der Waals surface area (Å²) in [5, 5.41) is 0. The van der Waals surface area contributed by atoms with Crippen molar-refractivity contribution >= 4 is 0 Å². The molecule has 2 rings (SSSR count). The average molecular weight is 144 g/mol. The van der Waals surface area contributed by atoms with Crippen LogP contribution >= 0.6 is 0 Å². The van der Waals surface area contributed by atoms with Gasteiger partial charge in [-0.3, -0.25) is 0 Å². The Morgan fingerprint density at radius 2 is 2.18 bits per heavy atom. The molecule has 0 radical (unpaired) electrons. The molecule has 0 fully saturated rings. The molecule has 0 unspecified atom stereocenters. The molecule has 56 valence electrons. The Bertz CT molecular complexity index is 299. The average Bonchev–Trinajstić information content (AvgIpc) is 2.02. The number of rotatable bonds is 1. The van der Waals surface area contributed by atoms with Gasteiger partial charge in [-0.15, -0.1) is 6.58 Å². The van der Waals surface area contributed by atoms with Gasteiger partial charge in [-0.05, 0) is 17.5 Å². The molecular formula is C11H12. The molecule has 1 aromatic rings. The summed E-state index contributed by atoms with van der Waals surface area (Å²) in [6, 6.07) is 8.59. The molecule has 1 aromatic carbocycles. The first kappa shape index (κ1) is 6.66. The van der Waals surface area contributed by atoms with E-state index < -0.39 is 0 Å². The fraction of sp³-hybridized carbons (Fsp3) is 0.273. The van der Waals surface area contributed by atoms with Crippen molar-refractivity contribution in [3.63, 3.8) is 0 Å². The van der Waals surface area contributed by atoms with Crippen molar-refractivity contribution in [3.05, 3.63) is 48.0 Å². The summed E-state index contributed by atoms with van der Waals surface area (Å²) < 4.78 is 0. The monoisotopic (exact) mass is 144 g/mol. The highest BCUT2D eigenvalue weighted by Gasteiger charge is 2.34. The molecule has 1 atom stereocenters. The van der Waals surface area contributed by atoms with Gasteiger partial charge in [0, 0.05) is 5.41 Å². The van der Waals surface area contributed by atoms with Crippen LogP contribution in [0.1, 0.15) is 18.1 Å². The molecular weight excluding hydrogens is 132 g/mol. The Morgan fingerprint density at radius 3 is 2.82 bits per heavy atom. The van der Waals surface area contributed by atoms with Crippen molar-refractivity contribution in [1.82, 2.24) is 0 Å². The van der Waals surface area contributed by atoms with Crippen LogP contribution in [0.2, 0.25) is 0 Å². The van der Waals surface area contributed by atoms with Crippen LogP contribution in [0.5, 0.6) is 0 Å². The van der Waals surface area contributed by atoms with E-state index in [0.29, 0.717) is 0 Å². The molecule has 0 amide bonds. The minimum Gasteiger partial charge on any atom is -0.102 e. The lowest BCUT2D eigenvalue weighted by atomic mass is 9.65. The van der Waals surface area contributed by atoms with Gasteiger partial charge in [0.05, 0.1) is 0 Å². The lowest BCUT2D eigenvalue weighted by Gasteiger charge is -2.38. The quantitative estimate of drug-likeness (QED) is 0.531. The maximum Gasteiger partial charge on any atom is 0.0144 e. The molecule has 0 saturated heterocycles. The second kappa shape index (κ2) is 1.97. The first-order valence-corrected chi connectivity index (χ1v) is 3.98. The van der Waals surface area contributed by atoms with Gasteiger partial charge in [-0.1, -0.05) is 37.3 Å². The van der Waals surface area contributed by atoms with Crippen molar-refractivity contribution in [1.29, 1.82) is 0 Å². The molecule has 0 nitrogen and oxygen atoms in total. The molecule has 1 aliphatic carbocycles. The first-order valence-electron chi connectivity index (χ1n) is 3.98. The van der Waals surface area contributed by atoms with Crippen LogP contribution in [0.25, 0.3) is 0 Å². The van der Waals surface area contributed by atoms with Crippen LogP contribution in [-0.2, 0) is 11.8 Å². The van der Waals surface area contributed by atoms with Gasteiger partial charge >= 0.3 is 0 Å². The number of hydrogen-bond donors (Lipinski definition) is 0. The number of fused-ring (bicyclic) bond motifs is 1. The molecule has 0 spiro atoms. The first-order chi connectivity index (χ1) is 5.26. The van der Waals surface area contributed by atoms with Crippen LogP contribution in [0.3, 0.4) is 0 Å². The summed E-state index contributed by atoms with van der Waals surface area (Å²) in [6.07, 6.45) is 3.21. The lowest BCUT2D eigenvalue weighted by molar-refractivity contribution is 0.518. The van der Waals surface area contributed by atoms with Crippen LogP contribution in [0.15, 0.2) is 36.9 Å². The summed E-state index contributed by atoms with van der Waals surface area (Å²) in [5.41, 5.74) is 3.20. The lowest BCUT2D eigenvalue weighted by Crippen LogP contribution is -2.33. The van der Waals surface area contributed by atoms with Crippen molar-refractivity contribution in [2.24, 2.45) is 0 Å². The fourth-order valence-electron chi connectivity index (χ4n) is 1.80. The summed E-state index contributed by atoms with van der Waals surface area (Å²) in [6.45, 7) is 6.09. The third-order valence-electron chi connectivity index (χ3n) is 2.64. The van der Waals surface area contributed by atoms with Gasteiger partial charge in [-0.2, -0.15) is 0 Å². The van der Waals surface area contributed by atoms with Crippen LogP contribution < -0.4 is 0 Å². The van der Waals surface area contributed by atoms with E-state index in [1.165, 1.54) is 11.1 Å². The van der Waals surface area contributed by atoms with E-state index in [-0.39, 0.29) is 5.41 Å². The van der Waals surface area contributed by atoms with Gasteiger partial charge in [0.25, 0.3) is 0 Å². The Hall–Kier alpha value is -1.04. The Labute approximate surface area is 67.6 Å². The molecule has 0 aliphatic heterocycles. The largest absolute Gasteiger partial charge is 0.102 e. The zero-order valence-electron chi connectivity index (χ0n) is 6.80.